The van der Waals surface area contributed by atoms with Crippen LogP contribution in [0.25, 0.3) is 0 Å². The van der Waals surface area contributed by atoms with Crippen molar-refractivity contribution in [3.05, 3.63) is 98.7 Å². The molecule has 0 bridgehead atoms. The lowest BCUT2D eigenvalue weighted by molar-refractivity contribution is -0.139. The molecule has 3 N–H and O–H groups in total. The molecule has 14 heteroatoms. The third kappa shape index (κ3) is 10.0. The van der Waals surface area contributed by atoms with Crippen LogP contribution in [0.1, 0.15) is 60.8 Å². The zero-order valence-corrected chi connectivity index (χ0v) is 29.9. The number of hydrogen-bond acceptors (Lipinski definition) is 10. The van der Waals surface area contributed by atoms with E-state index in [1.165, 1.54) is 6.21 Å². The fraction of sp³-hybridized carbons (Fsp3) is 0.286. The SMILES string of the molecule is CCOC(=O)C1=C(C)NC(=S)N[C@H]1c1ccccc1OCC(=O)NN=Cc1cc(Br)c(OCc2ccc(C(=O)OCC)cc2)c(OCC)c1. The van der Waals surface area contributed by atoms with Gasteiger partial charge in [0.15, 0.2) is 23.2 Å². The largest absolute Gasteiger partial charge is 0.490 e. The Balaban J connectivity index is 1.39. The summed E-state index contributed by atoms with van der Waals surface area (Å²) in [5, 5.41) is 10.5. The molecule has 1 heterocycles. The summed E-state index contributed by atoms with van der Waals surface area (Å²) in [5.41, 5.74) is 5.94. The van der Waals surface area contributed by atoms with Gasteiger partial charge in [0.2, 0.25) is 0 Å². The molecule has 0 saturated carbocycles. The van der Waals surface area contributed by atoms with E-state index in [-0.39, 0.29) is 25.8 Å². The van der Waals surface area contributed by atoms with Crippen LogP contribution in [-0.4, -0.2) is 55.6 Å². The molecule has 1 aliphatic rings. The van der Waals surface area contributed by atoms with Crippen LogP contribution in [0.4, 0.5) is 0 Å². The average Bonchev–Trinajstić information content (AvgIpc) is 3.07. The first kappa shape index (κ1) is 36.9. The molecular formula is C35H37BrN4O8S. The number of hydrazone groups is 1. The van der Waals surface area contributed by atoms with E-state index in [9.17, 15) is 14.4 Å². The number of allylic oxidation sites excluding steroid dienone is 1. The number of thiocarbonyl (C=S) groups is 1. The Hall–Kier alpha value is -4.95. The standard InChI is InChI=1S/C35H37BrN4O8S/c1-5-44-28-17-23(16-26(36)32(28)48-19-22-12-14-24(15-13-22)33(42)45-6-2)18-37-40-29(41)20-47-27-11-9-8-10-25(27)31-30(34(43)46-7-3)21(4)38-35(49)39-31/h8-18,31H,5-7,19-20H2,1-4H3,(H,40,41)(H2,38,39,49)/t31-/m0/s1. The van der Waals surface area contributed by atoms with Gasteiger partial charge in [-0.2, -0.15) is 5.10 Å². The van der Waals surface area contributed by atoms with E-state index in [1.807, 2.05) is 6.92 Å². The van der Waals surface area contributed by atoms with Crippen molar-refractivity contribution in [2.24, 2.45) is 5.10 Å². The molecule has 3 aromatic rings. The average molecular weight is 754 g/mol. The van der Waals surface area contributed by atoms with Gasteiger partial charge < -0.3 is 34.3 Å². The van der Waals surface area contributed by atoms with E-state index in [0.29, 0.717) is 68.0 Å². The number of halogens is 1. The molecule has 4 rings (SSSR count). The number of carbonyl (C=O) groups is 3. The van der Waals surface area contributed by atoms with Crippen molar-refractivity contribution in [1.82, 2.24) is 16.1 Å². The third-order valence-electron chi connectivity index (χ3n) is 6.94. The van der Waals surface area contributed by atoms with Crippen LogP contribution >= 0.6 is 28.1 Å². The molecule has 1 amide bonds. The summed E-state index contributed by atoms with van der Waals surface area (Å²) in [6.07, 6.45) is 1.47. The van der Waals surface area contributed by atoms with Gasteiger partial charge in [0, 0.05) is 11.3 Å². The molecule has 0 aliphatic carbocycles. The van der Waals surface area contributed by atoms with Crippen LogP contribution in [0.3, 0.4) is 0 Å². The number of ether oxygens (including phenoxy) is 5. The second-order valence-corrected chi connectivity index (χ2v) is 11.6. The number of esters is 2. The Morgan fingerprint density at radius 1 is 0.918 bits per heavy atom. The molecule has 1 atom stereocenters. The quantitative estimate of drug-likeness (QED) is 0.0785. The molecule has 258 valence electrons. The first-order valence-corrected chi connectivity index (χ1v) is 16.7. The number of nitrogens with one attached hydrogen (secondary N) is 3. The molecule has 1 aliphatic heterocycles. The van der Waals surface area contributed by atoms with Gasteiger partial charge in [-0.05, 0) is 97.3 Å². The Morgan fingerprint density at radius 3 is 2.35 bits per heavy atom. The van der Waals surface area contributed by atoms with Crippen LogP contribution in [-0.2, 0) is 25.7 Å². The van der Waals surface area contributed by atoms with E-state index in [1.54, 1.807) is 81.4 Å². The van der Waals surface area contributed by atoms with Gasteiger partial charge >= 0.3 is 11.9 Å². The number of benzene rings is 3. The normalized spacial score (nSPS) is 14.1. The molecule has 49 heavy (non-hydrogen) atoms. The Labute approximate surface area is 298 Å². The highest BCUT2D eigenvalue weighted by atomic mass is 79.9. The summed E-state index contributed by atoms with van der Waals surface area (Å²) in [6, 6.07) is 16.9. The van der Waals surface area contributed by atoms with E-state index in [4.69, 9.17) is 35.9 Å². The van der Waals surface area contributed by atoms with Crippen molar-refractivity contribution >= 4 is 57.3 Å². The van der Waals surface area contributed by atoms with E-state index in [0.717, 1.165) is 5.56 Å². The predicted molar refractivity (Wildman–Crippen MR) is 191 cm³/mol. The Kier molecular flexibility index (Phi) is 13.5. The fourth-order valence-electron chi connectivity index (χ4n) is 4.78. The zero-order chi connectivity index (χ0) is 35.3. The van der Waals surface area contributed by atoms with Gasteiger partial charge in [0.05, 0.1) is 47.7 Å². The fourth-order valence-corrected chi connectivity index (χ4v) is 5.63. The van der Waals surface area contributed by atoms with Crippen molar-refractivity contribution in [3.8, 4) is 17.2 Å². The van der Waals surface area contributed by atoms with Crippen molar-refractivity contribution in [1.29, 1.82) is 0 Å². The lowest BCUT2D eigenvalue weighted by atomic mass is 9.95. The minimum atomic E-state index is -0.646. The summed E-state index contributed by atoms with van der Waals surface area (Å²) in [7, 11) is 0. The van der Waals surface area contributed by atoms with Crippen molar-refractivity contribution in [3.63, 3.8) is 0 Å². The van der Waals surface area contributed by atoms with Crippen molar-refractivity contribution < 1.29 is 38.1 Å². The van der Waals surface area contributed by atoms with Gasteiger partial charge in [-0.15, -0.1) is 0 Å². The van der Waals surface area contributed by atoms with Gasteiger partial charge in [-0.25, -0.2) is 15.0 Å². The number of rotatable bonds is 15. The summed E-state index contributed by atoms with van der Waals surface area (Å²) in [4.78, 5) is 37.4. The zero-order valence-electron chi connectivity index (χ0n) is 27.5. The van der Waals surface area contributed by atoms with Crippen LogP contribution in [0.2, 0.25) is 0 Å². The highest BCUT2D eigenvalue weighted by Crippen LogP contribution is 2.37. The molecular weight excluding hydrogens is 716 g/mol. The minimum absolute atomic E-state index is 0.212. The molecule has 0 unspecified atom stereocenters. The first-order valence-electron chi connectivity index (χ1n) is 15.5. The lowest BCUT2D eigenvalue weighted by Crippen LogP contribution is -2.45. The molecule has 0 radical (unpaired) electrons. The number of para-hydroxylation sites is 1. The minimum Gasteiger partial charge on any atom is -0.490 e. The molecule has 0 saturated heterocycles. The van der Waals surface area contributed by atoms with Crippen molar-refractivity contribution in [2.45, 2.75) is 40.3 Å². The molecule has 0 aromatic heterocycles. The number of hydrogen-bond donors (Lipinski definition) is 3. The molecule has 12 nitrogen and oxygen atoms in total. The predicted octanol–water partition coefficient (Wildman–Crippen LogP) is 5.49. The Bertz CT molecular complexity index is 1750. The molecule has 0 fully saturated rings. The van der Waals surface area contributed by atoms with Gasteiger partial charge in [-0.3, -0.25) is 4.79 Å². The van der Waals surface area contributed by atoms with Crippen LogP contribution in [0.5, 0.6) is 17.2 Å². The smallest absolute Gasteiger partial charge is 0.338 e. The van der Waals surface area contributed by atoms with Crippen LogP contribution in [0, 0.1) is 0 Å². The second-order valence-electron chi connectivity index (χ2n) is 10.4. The van der Waals surface area contributed by atoms with Crippen LogP contribution < -0.4 is 30.3 Å². The summed E-state index contributed by atoms with van der Waals surface area (Å²) >= 11 is 8.88. The maximum atomic E-state index is 12.8. The van der Waals surface area contributed by atoms with Gasteiger partial charge in [0.1, 0.15) is 12.4 Å². The second kappa shape index (κ2) is 18.0. The van der Waals surface area contributed by atoms with Crippen LogP contribution in [0.15, 0.2) is 81.5 Å². The van der Waals surface area contributed by atoms with Gasteiger partial charge in [-0.1, -0.05) is 30.3 Å². The number of carbonyl (C=O) groups excluding carboxylic acids is 3. The molecule has 0 spiro atoms. The Morgan fingerprint density at radius 2 is 1.63 bits per heavy atom. The molecule has 3 aromatic carbocycles. The maximum Gasteiger partial charge on any atom is 0.338 e. The van der Waals surface area contributed by atoms with Crippen molar-refractivity contribution in [2.75, 3.05) is 26.4 Å². The summed E-state index contributed by atoms with van der Waals surface area (Å²) < 4.78 is 28.7. The number of amides is 1. The maximum absolute atomic E-state index is 12.8. The number of nitrogens with zero attached hydrogens (tertiary/aromatic N) is 1. The van der Waals surface area contributed by atoms with E-state index >= 15 is 0 Å². The highest BCUT2D eigenvalue weighted by Gasteiger charge is 2.32. The summed E-state index contributed by atoms with van der Waals surface area (Å²) in [6.45, 7) is 7.88. The highest BCUT2D eigenvalue weighted by molar-refractivity contribution is 9.10. The first-order chi connectivity index (χ1) is 23.6. The monoisotopic (exact) mass is 752 g/mol. The van der Waals surface area contributed by atoms with E-state index in [2.05, 4.69) is 37.1 Å². The van der Waals surface area contributed by atoms with E-state index < -0.39 is 17.9 Å². The summed E-state index contributed by atoms with van der Waals surface area (Å²) in [5.74, 6) is -0.0216. The topological polar surface area (TPSA) is 146 Å². The van der Waals surface area contributed by atoms with Gasteiger partial charge in [0.25, 0.3) is 5.91 Å². The third-order valence-corrected chi connectivity index (χ3v) is 7.75. The lowest BCUT2D eigenvalue weighted by Gasteiger charge is -2.30.